The molecule has 0 spiro atoms. The number of carbonyl (C=O) groups is 2. The molecule has 0 aromatic carbocycles. The predicted octanol–water partition coefficient (Wildman–Crippen LogP) is -9.62. The fourth-order valence-corrected chi connectivity index (χ4v) is 4.64. The molecule has 0 aliphatic carbocycles. The maximum absolute atomic E-state index is 12.3. The van der Waals surface area contributed by atoms with Crippen LogP contribution in [0.4, 0.5) is 0 Å². The average molecular weight is 652 g/mol. The highest BCUT2D eigenvalue weighted by molar-refractivity contribution is 5.78. The van der Waals surface area contributed by atoms with Crippen molar-refractivity contribution in [2.24, 2.45) is 0 Å². The normalized spacial score (nSPS) is 36.9. The van der Waals surface area contributed by atoms with Crippen LogP contribution in [0.15, 0.2) is 0 Å². The fraction of sp³-hybridized carbons (Fsp3) is 0.913. The van der Waals surface area contributed by atoms with Crippen LogP contribution in [0.5, 0.6) is 0 Å². The Hall–Kier alpha value is -1.74. The number of carboxylic acid groups (broad SMARTS) is 1. The number of ether oxygens (including phenoxy) is 4. The van der Waals surface area contributed by atoms with E-state index in [1.807, 2.05) is 0 Å². The SMILES string of the molecule is O=C(CO)N[C@H]1[C@H]([C@H](O)[C@H](O)CO)O[C@@](OC[C@H]2O[C@@H](O[C@@H]([C@H](O)[C@@H](O)CO)[C@H](O)CO)[C@H](O)[C@@H](O)[C@H]2O)(C(=O)O)C[C@@H]1O. The minimum atomic E-state index is -2.92. The molecular weight excluding hydrogens is 610 g/mol. The standard InChI is InChI=1S/C23H41NO20/c25-2-8(30)14(34)19(10(32)4-27)43-21-18(38)17(37)16(36)11(42-21)6-41-23(22(39)40)1-7(29)13(24-12(33)5-28)20(44-23)15(35)9(31)3-26/h7-11,13-21,25-32,34-38H,1-6H2,(H,24,33)(H,39,40)/t7-,8-,9+,10+,11+,13+,14+,15+,16-,17-,18+,19+,20+,21-,23+/m0/s1. The van der Waals surface area contributed by atoms with Gasteiger partial charge in [0.2, 0.25) is 5.91 Å². The number of amides is 1. The van der Waals surface area contributed by atoms with Gasteiger partial charge in [0.05, 0.1) is 38.6 Å². The van der Waals surface area contributed by atoms with Crippen molar-refractivity contribution in [1.29, 1.82) is 0 Å². The minimum Gasteiger partial charge on any atom is -0.477 e. The van der Waals surface area contributed by atoms with E-state index in [0.717, 1.165) is 0 Å². The van der Waals surface area contributed by atoms with Gasteiger partial charge >= 0.3 is 5.97 Å². The fourth-order valence-electron chi connectivity index (χ4n) is 4.64. The zero-order valence-electron chi connectivity index (χ0n) is 23.0. The molecule has 0 radical (unpaired) electrons. The number of hydrogen-bond donors (Lipinski definition) is 15. The number of rotatable bonds is 16. The van der Waals surface area contributed by atoms with Crippen LogP contribution in [0.1, 0.15) is 6.42 Å². The molecular formula is C23H41NO20. The number of nitrogens with one attached hydrogen (secondary N) is 1. The molecule has 2 saturated heterocycles. The van der Waals surface area contributed by atoms with Gasteiger partial charge in [0.25, 0.3) is 5.79 Å². The molecule has 2 aliphatic rings. The molecule has 0 aromatic heterocycles. The number of hydrogen-bond acceptors (Lipinski definition) is 19. The molecule has 0 saturated carbocycles. The van der Waals surface area contributed by atoms with Crippen molar-refractivity contribution in [1.82, 2.24) is 5.32 Å². The summed E-state index contributed by atoms with van der Waals surface area (Å²) < 4.78 is 21.4. The molecule has 2 rings (SSSR count). The molecule has 0 bridgehead atoms. The lowest BCUT2D eigenvalue weighted by molar-refractivity contribution is -0.349. The van der Waals surface area contributed by atoms with Crippen molar-refractivity contribution in [3.05, 3.63) is 0 Å². The summed E-state index contributed by atoms with van der Waals surface area (Å²) in [5, 5.41) is 141. The first-order chi connectivity index (χ1) is 20.6. The molecule has 0 aromatic rings. The molecule has 15 atom stereocenters. The molecule has 2 heterocycles. The van der Waals surface area contributed by atoms with E-state index in [4.69, 9.17) is 29.2 Å². The topological polar surface area (TPSA) is 366 Å². The van der Waals surface area contributed by atoms with Crippen LogP contribution in [0, 0.1) is 0 Å². The Balaban J connectivity index is 2.33. The lowest BCUT2D eigenvalue weighted by Gasteiger charge is -2.47. The van der Waals surface area contributed by atoms with Crippen LogP contribution in [0.3, 0.4) is 0 Å². The Morgan fingerprint density at radius 2 is 1.45 bits per heavy atom. The average Bonchev–Trinajstić information content (AvgIpc) is 3.01. The summed E-state index contributed by atoms with van der Waals surface area (Å²) in [5.74, 6) is -5.95. The first-order valence-corrected chi connectivity index (χ1v) is 13.3. The van der Waals surface area contributed by atoms with E-state index < -0.39 is 143 Å². The van der Waals surface area contributed by atoms with E-state index in [2.05, 4.69) is 5.32 Å². The monoisotopic (exact) mass is 651 g/mol. The zero-order chi connectivity index (χ0) is 33.5. The summed E-state index contributed by atoms with van der Waals surface area (Å²) in [5.41, 5.74) is 0. The van der Waals surface area contributed by atoms with Crippen molar-refractivity contribution < 1.29 is 100 Å². The van der Waals surface area contributed by atoms with E-state index in [9.17, 15) is 70.9 Å². The van der Waals surface area contributed by atoms with Gasteiger partial charge in [-0.2, -0.15) is 0 Å². The first-order valence-electron chi connectivity index (χ1n) is 13.3. The van der Waals surface area contributed by atoms with Gasteiger partial charge in [-0.15, -0.1) is 0 Å². The highest BCUT2D eigenvalue weighted by Gasteiger charge is 2.57. The van der Waals surface area contributed by atoms with Crippen molar-refractivity contribution in [2.75, 3.05) is 33.0 Å². The number of aliphatic hydroxyl groups excluding tert-OH is 13. The van der Waals surface area contributed by atoms with E-state index in [-0.39, 0.29) is 0 Å². The summed E-state index contributed by atoms with van der Waals surface area (Å²) in [7, 11) is 0. The third-order valence-corrected chi connectivity index (χ3v) is 7.21. The van der Waals surface area contributed by atoms with Crippen LogP contribution >= 0.6 is 0 Å². The molecule has 44 heavy (non-hydrogen) atoms. The largest absolute Gasteiger partial charge is 0.477 e. The van der Waals surface area contributed by atoms with Gasteiger partial charge in [0, 0.05) is 6.42 Å². The van der Waals surface area contributed by atoms with Crippen molar-refractivity contribution in [3.63, 3.8) is 0 Å². The maximum atomic E-state index is 12.3. The second-order valence-electron chi connectivity index (χ2n) is 10.3. The lowest BCUT2D eigenvalue weighted by Crippen LogP contribution is -2.68. The quantitative estimate of drug-likeness (QED) is 0.0736. The van der Waals surface area contributed by atoms with E-state index >= 15 is 0 Å². The second kappa shape index (κ2) is 16.7. The minimum absolute atomic E-state index is 0.985. The lowest BCUT2D eigenvalue weighted by atomic mass is 9.88. The Bertz CT molecular complexity index is 915. The highest BCUT2D eigenvalue weighted by Crippen LogP contribution is 2.35. The predicted molar refractivity (Wildman–Crippen MR) is 134 cm³/mol. The highest BCUT2D eigenvalue weighted by atomic mass is 16.7. The Morgan fingerprint density at radius 3 is 1.98 bits per heavy atom. The summed E-state index contributed by atoms with van der Waals surface area (Å²) in [6.07, 6.45) is -27.0. The Labute approximate surface area is 248 Å². The number of aliphatic carboxylic acids is 1. The maximum Gasteiger partial charge on any atom is 0.364 e. The van der Waals surface area contributed by atoms with Crippen LogP contribution in [-0.2, 0) is 28.5 Å². The van der Waals surface area contributed by atoms with Gasteiger partial charge in [-0.3, -0.25) is 4.79 Å². The van der Waals surface area contributed by atoms with Gasteiger partial charge in [-0.1, -0.05) is 0 Å². The number of carboxylic acids is 1. The van der Waals surface area contributed by atoms with Gasteiger partial charge in [-0.05, 0) is 0 Å². The summed E-state index contributed by atoms with van der Waals surface area (Å²) in [6, 6.07) is -1.65. The molecule has 2 aliphatic heterocycles. The number of carbonyl (C=O) groups excluding carboxylic acids is 1. The molecule has 21 heteroatoms. The molecule has 1 amide bonds. The molecule has 0 unspecified atom stereocenters. The van der Waals surface area contributed by atoms with Gasteiger partial charge in [-0.25, -0.2) is 4.79 Å². The smallest absolute Gasteiger partial charge is 0.364 e. The van der Waals surface area contributed by atoms with E-state index in [1.165, 1.54) is 0 Å². The third kappa shape index (κ3) is 8.74. The Kier molecular flexibility index (Phi) is 14.6. The summed E-state index contributed by atoms with van der Waals surface area (Å²) >= 11 is 0. The molecule has 21 nitrogen and oxygen atoms in total. The van der Waals surface area contributed by atoms with Crippen LogP contribution in [0.25, 0.3) is 0 Å². The van der Waals surface area contributed by atoms with E-state index in [0.29, 0.717) is 0 Å². The van der Waals surface area contributed by atoms with E-state index in [1.54, 1.807) is 0 Å². The third-order valence-electron chi connectivity index (χ3n) is 7.21. The summed E-state index contributed by atoms with van der Waals surface area (Å²) in [4.78, 5) is 24.1. The molecule has 15 N–H and O–H groups in total. The van der Waals surface area contributed by atoms with Crippen LogP contribution < -0.4 is 5.32 Å². The summed E-state index contributed by atoms with van der Waals surface area (Å²) in [6.45, 7) is -5.28. The number of aliphatic hydroxyl groups is 13. The van der Waals surface area contributed by atoms with Gasteiger partial charge in [0.15, 0.2) is 6.29 Å². The second-order valence-corrected chi connectivity index (χ2v) is 10.3. The van der Waals surface area contributed by atoms with Gasteiger partial charge in [0.1, 0.15) is 73.8 Å². The van der Waals surface area contributed by atoms with Gasteiger partial charge < -0.3 is 95.8 Å². The molecule has 258 valence electrons. The zero-order valence-corrected chi connectivity index (χ0v) is 23.0. The Morgan fingerprint density at radius 1 is 0.864 bits per heavy atom. The van der Waals surface area contributed by atoms with Crippen molar-refractivity contribution in [3.8, 4) is 0 Å². The van der Waals surface area contributed by atoms with Crippen LogP contribution in [0.2, 0.25) is 0 Å². The molecule has 2 fully saturated rings. The van der Waals surface area contributed by atoms with Crippen molar-refractivity contribution in [2.45, 2.75) is 97.8 Å². The van der Waals surface area contributed by atoms with Crippen molar-refractivity contribution >= 4 is 11.9 Å². The van der Waals surface area contributed by atoms with Crippen LogP contribution in [-0.4, -0.2) is 208 Å². The first kappa shape index (κ1) is 38.4.